The lowest BCUT2D eigenvalue weighted by Crippen LogP contribution is -2.36. The van der Waals surface area contributed by atoms with E-state index in [1.54, 1.807) is 0 Å². The Morgan fingerprint density at radius 3 is 2.84 bits per heavy atom. The molecule has 0 bridgehead atoms. The van der Waals surface area contributed by atoms with E-state index in [-0.39, 0.29) is 11.8 Å². The summed E-state index contributed by atoms with van der Waals surface area (Å²) in [5.74, 6) is 1.28. The van der Waals surface area contributed by atoms with E-state index in [9.17, 15) is 4.79 Å². The van der Waals surface area contributed by atoms with Crippen molar-refractivity contribution in [1.82, 2.24) is 5.32 Å². The molecule has 1 aromatic rings. The second kappa shape index (κ2) is 6.09. The van der Waals surface area contributed by atoms with Crippen molar-refractivity contribution in [1.29, 1.82) is 0 Å². The Kier molecular flexibility index (Phi) is 4.46. The van der Waals surface area contributed by atoms with Crippen LogP contribution in [0.25, 0.3) is 0 Å². The van der Waals surface area contributed by atoms with Crippen LogP contribution >= 0.6 is 0 Å². The maximum atomic E-state index is 12.3. The molecule has 2 N–H and O–H groups in total. The van der Waals surface area contributed by atoms with E-state index >= 15 is 0 Å². The zero-order valence-electron chi connectivity index (χ0n) is 12.1. The molecule has 2 atom stereocenters. The Labute approximate surface area is 115 Å². The van der Waals surface area contributed by atoms with Crippen LogP contribution < -0.4 is 10.6 Å². The van der Waals surface area contributed by atoms with Crippen LogP contribution in [-0.2, 0) is 4.79 Å². The average molecular weight is 260 g/mol. The molecule has 0 spiro atoms. The standard InChI is InChI=1S/C16H24N2O/c1-11(2)12(3)10-18-16(19)14-8-9-17-15-7-5-4-6-13(14)15/h4-7,11-12,14,17H,8-10H2,1-3H3,(H,18,19). The van der Waals surface area contributed by atoms with Gasteiger partial charge in [-0.3, -0.25) is 4.79 Å². The van der Waals surface area contributed by atoms with Crippen molar-refractivity contribution in [3.8, 4) is 0 Å². The van der Waals surface area contributed by atoms with Gasteiger partial charge in [0.2, 0.25) is 5.91 Å². The van der Waals surface area contributed by atoms with E-state index in [0.717, 1.165) is 30.8 Å². The van der Waals surface area contributed by atoms with Crippen LogP contribution in [0.2, 0.25) is 0 Å². The molecule has 0 saturated heterocycles. The Morgan fingerprint density at radius 1 is 1.37 bits per heavy atom. The maximum absolute atomic E-state index is 12.3. The average Bonchev–Trinajstić information content (AvgIpc) is 2.43. The van der Waals surface area contributed by atoms with Crippen molar-refractivity contribution in [2.24, 2.45) is 11.8 Å². The molecule has 1 heterocycles. The van der Waals surface area contributed by atoms with Crippen molar-refractivity contribution in [2.45, 2.75) is 33.1 Å². The first-order chi connectivity index (χ1) is 9.09. The monoisotopic (exact) mass is 260 g/mol. The minimum atomic E-state index is -0.00295. The summed E-state index contributed by atoms with van der Waals surface area (Å²) in [6, 6.07) is 8.11. The number of benzene rings is 1. The second-order valence-electron chi connectivity index (χ2n) is 5.82. The van der Waals surface area contributed by atoms with E-state index in [0.29, 0.717) is 11.8 Å². The molecule has 1 aromatic carbocycles. The third kappa shape index (κ3) is 3.28. The molecule has 1 aliphatic heterocycles. The van der Waals surface area contributed by atoms with Crippen molar-refractivity contribution in [3.05, 3.63) is 29.8 Å². The number of hydrogen-bond donors (Lipinski definition) is 2. The third-order valence-electron chi connectivity index (χ3n) is 4.14. The van der Waals surface area contributed by atoms with Crippen LogP contribution in [0.3, 0.4) is 0 Å². The van der Waals surface area contributed by atoms with Crippen LogP contribution in [0, 0.1) is 11.8 Å². The second-order valence-corrected chi connectivity index (χ2v) is 5.82. The summed E-state index contributed by atoms with van der Waals surface area (Å²) in [5.41, 5.74) is 2.23. The van der Waals surface area contributed by atoms with Crippen LogP contribution in [-0.4, -0.2) is 19.0 Å². The first kappa shape index (κ1) is 13.9. The predicted molar refractivity (Wildman–Crippen MR) is 79.3 cm³/mol. The molecule has 0 aromatic heterocycles. The number of anilines is 1. The lowest BCUT2D eigenvalue weighted by Gasteiger charge is -2.26. The molecule has 0 radical (unpaired) electrons. The molecule has 0 aliphatic carbocycles. The number of fused-ring (bicyclic) bond motifs is 1. The van der Waals surface area contributed by atoms with Gasteiger partial charge >= 0.3 is 0 Å². The molecule has 3 nitrogen and oxygen atoms in total. The number of carbonyl (C=O) groups is 1. The van der Waals surface area contributed by atoms with Crippen LogP contribution in [0.15, 0.2) is 24.3 Å². The van der Waals surface area contributed by atoms with Crippen molar-refractivity contribution in [2.75, 3.05) is 18.4 Å². The summed E-state index contributed by atoms with van der Waals surface area (Å²) < 4.78 is 0. The van der Waals surface area contributed by atoms with Gasteiger partial charge in [-0.05, 0) is 29.9 Å². The lowest BCUT2D eigenvalue weighted by molar-refractivity contribution is -0.122. The van der Waals surface area contributed by atoms with Gasteiger partial charge in [0, 0.05) is 18.8 Å². The lowest BCUT2D eigenvalue weighted by atomic mass is 9.90. The van der Waals surface area contributed by atoms with Gasteiger partial charge in [0.05, 0.1) is 5.92 Å². The van der Waals surface area contributed by atoms with Gasteiger partial charge in [-0.2, -0.15) is 0 Å². The third-order valence-corrected chi connectivity index (χ3v) is 4.14. The van der Waals surface area contributed by atoms with Crippen molar-refractivity contribution < 1.29 is 4.79 Å². The Bertz CT molecular complexity index is 442. The smallest absolute Gasteiger partial charge is 0.227 e. The normalized spacial score (nSPS) is 19.5. The van der Waals surface area contributed by atoms with Crippen LogP contribution in [0.1, 0.15) is 38.7 Å². The van der Waals surface area contributed by atoms with Crippen LogP contribution in [0.4, 0.5) is 5.69 Å². The molecule has 0 saturated carbocycles. The molecule has 104 valence electrons. The molecule has 2 unspecified atom stereocenters. The fraction of sp³-hybridized carbons (Fsp3) is 0.562. The molecule has 1 amide bonds. The fourth-order valence-corrected chi connectivity index (χ4v) is 2.36. The minimum absolute atomic E-state index is 0.00295. The largest absolute Gasteiger partial charge is 0.385 e. The highest BCUT2D eigenvalue weighted by Crippen LogP contribution is 2.31. The highest BCUT2D eigenvalue weighted by atomic mass is 16.1. The van der Waals surface area contributed by atoms with Gasteiger partial charge in [-0.15, -0.1) is 0 Å². The topological polar surface area (TPSA) is 41.1 Å². The maximum Gasteiger partial charge on any atom is 0.227 e. The molecule has 2 rings (SSSR count). The zero-order valence-corrected chi connectivity index (χ0v) is 12.1. The van der Waals surface area contributed by atoms with E-state index in [1.165, 1.54) is 0 Å². The number of para-hydroxylation sites is 1. The van der Waals surface area contributed by atoms with E-state index < -0.39 is 0 Å². The number of hydrogen-bond acceptors (Lipinski definition) is 2. The first-order valence-electron chi connectivity index (χ1n) is 7.20. The Hall–Kier alpha value is -1.51. The van der Waals surface area contributed by atoms with Gasteiger partial charge in [0.1, 0.15) is 0 Å². The summed E-state index contributed by atoms with van der Waals surface area (Å²) in [6.07, 6.45) is 0.874. The molecular formula is C16H24N2O. The summed E-state index contributed by atoms with van der Waals surface area (Å²) in [6.45, 7) is 8.20. The Morgan fingerprint density at radius 2 is 2.11 bits per heavy atom. The number of amides is 1. The first-order valence-corrected chi connectivity index (χ1v) is 7.20. The predicted octanol–water partition coefficient (Wildman–Crippen LogP) is 2.99. The summed E-state index contributed by atoms with van der Waals surface area (Å²) >= 11 is 0. The van der Waals surface area contributed by atoms with Gasteiger partial charge in [0.25, 0.3) is 0 Å². The zero-order chi connectivity index (χ0) is 13.8. The van der Waals surface area contributed by atoms with E-state index in [1.807, 2.05) is 18.2 Å². The molecule has 19 heavy (non-hydrogen) atoms. The highest BCUT2D eigenvalue weighted by Gasteiger charge is 2.26. The van der Waals surface area contributed by atoms with E-state index in [2.05, 4.69) is 37.5 Å². The summed E-state index contributed by atoms with van der Waals surface area (Å²) in [4.78, 5) is 12.3. The van der Waals surface area contributed by atoms with E-state index in [4.69, 9.17) is 0 Å². The van der Waals surface area contributed by atoms with Gasteiger partial charge in [0.15, 0.2) is 0 Å². The number of rotatable bonds is 4. The Balaban J connectivity index is 2.01. The van der Waals surface area contributed by atoms with Crippen molar-refractivity contribution in [3.63, 3.8) is 0 Å². The summed E-state index contributed by atoms with van der Waals surface area (Å²) in [7, 11) is 0. The van der Waals surface area contributed by atoms with Gasteiger partial charge in [-0.25, -0.2) is 0 Å². The fourth-order valence-electron chi connectivity index (χ4n) is 2.36. The molecule has 3 heteroatoms. The quantitative estimate of drug-likeness (QED) is 0.874. The number of carbonyl (C=O) groups excluding carboxylic acids is 1. The van der Waals surface area contributed by atoms with Gasteiger partial charge < -0.3 is 10.6 Å². The molecule has 0 fully saturated rings. The highest BCUT2D eigenvalue weighted by molar-refractivity contribution is 5.86. The molecular weight excluding hydrogens is 236 g/mol. The molecule has 1 aliphatic rings. The van der Waals surface area contributed by atoms with Crippen molar-refractivity contribution >= 4 is 11.6 Å². The van der Waals surface area contributed by atoms with Gasteiger partial charge in [-0.1, -0.05) is 39.0 Å². The minimum Gasteiger partial charge on any atom is -0.385 e. The summed E-state index contributed by atoms with van der Waals surface area (Å²) in [5, 5.41) is 6.46. The van der Waals surface area contributed by atoms with Crippen LogP contribution in [0.5, 0.6) is 0 Å². The number of nitrogens with one attached hydrogen (secondary N) is 2. The SMILES string of the molecule is CC(C)C(C)CNC(=O)C1CCNc2ccccc21.